The van der Waals surface area contributed by atoms with Crippen LogP contribution in [0.2, 0.25) is 0 Å². The van der Waals surface area contributed by atoms with Gasteiger partial charge in [-0.1, -0.05) is 24.6 Å². The molecule has 24 heavy (non-hydrogen) atoms. The average molecular weight is 323 g/mol. The summed E-state index contributed by atoms with van der Waals surface area (Å²) < 4.78 is 1.80. The van der Waals surface area contributed by atoms with E-state index in [1.165, 1.54) is 31.2 Å². The number of Topliss-reactive ketones (excluding diaryl/α,β-unsaturated/α-hetero) is 1. The summed E-state index contributed by atoms with van der Waals surface area (Å²) >= 11 is 0. The Morgan fingerprint density at radius 2 is 2.17 bits per heavy atom. The Balaban J connectivity index is 1.42. The van der Waals surface area contributed by atoms with Gasteiger partial charge in [0.15, 0.2) is 5.78 Å². The van der Waals surface area contributed by atoms with Gasteiger partial charge < -0.3 is 5.32 Å². The third-order valence-electron chi connectivity index (χ3n) is 5.42. The van der Waals surface area contributed by atoms with E-state index in [1.54, 1.807) is 4.68 Å². The first-order chi connectivity index (χ1) is 11.6. The van der Waals surface area contributed by atoms with Gasteiger partial charge in [0.1, 0.15) is 0 Å². The summed E-state index contributed by atoms with van der Waals surface area (Å²) in [7, 11) is 1.90. The Kier molecular flexibility index (Phi) is 4.01. The highest BCUT2D eigenvalue weighted by Gasteiger charge is 2.40. The molecule has 2 aromatic rings. The fraction of sp³-hybridized carbons (Fsp3) is 0.500. The van der Waals surface area contributed by atoms with Crippen molar-refractivity contribution < 1.29 is 4.79 Å². The fourth-order valence-corrected chi connectivity index (χ4v) is 3.66. The number of aryl methyl sites for hydroxylation is 2. The minimum atomic E-state index is 0.170. The van der Waals surface area contributed by atoms with Gasteiger partial charge in [-0.2, -0.15) is 5.10 Å². The van der Waals surface area contributed by atoms with E-state index < -0.39 is 0 Å². The van der Waals surface area contributed by atoms with Crippen molar-refractivity contribution in [2.24, 2.45) is 7.05 Å². The van der Waals surface area contributed by atoms with Crippen LogP contribution in [-0.4, -0.2) is 27.6 Å². The maximum atomic E-state index is 12.6. The molecule has 0 radical (unpaired) electrons. The Labute approximate surface area is 143 Å². The molecule has 1 aromatic carbocycles. The number of nitrogens with zero attached hydrogens (tertiary/aromatic N) is 2. The number of rotatable bonds is 6. The number of benzene rings is 1. The van der Waals surface area contributed by atoms with E-state index in [0.29, 0.717) is 18.4 Å². The SMILES string of the molecule is Cc1cc(CC(=O)c2cccc(C3CC3NC3CCC3)c2)n(C)n1. The van der Waals surface area contributed by atoms with Crippen molar-refractivity contribution in [2.75, 3.05) is 0 Å². The smallest absolute Gasteiger partial charge is 0.168 e. The summed E-state index contributed by atoms with van der Waals surface area (Å²) in [5, 5.41) is 8.06. The van der Waals surface area contributed by atoms with E-state index in [0.717, 1.165) is 23.0 Å². The van der Waals surface area contributed by atoms with Crippen molar-refractivity contribution in [3.05, 3.63) is 52.8 Å². The molecule has 2 aliphatic carbocycles. The zero-order valence-corrected chi connectivity index (χ0v) is 14.5. The molecule has 0 saturated heterocycles. The molecule has 2 atom stereocenters. The highest BCUT2D eigenvalue weighted by Crippen LogP contribution is 2.42. The Morgan fingerprint density at radius 1 is 1.33 bits per heavy atom. The van der Waals surface area contributed by atoms with Gasteiger partial charge in [0.05, 0.1) is 12.1 Å². The van der Waals surface area contributed by atoms with Crippen LogP contribution in [0.15, 0.2) is 30.3 Å². The molecule has 2 saturated carbocycles. The lowest BCUT2D eigenvalue weighted by Crippen LogP contribution is -2.37. The lowest BCUT2D eigenvalue weighted by atomic mass is 9.93. The van der Waals surface area contributed by atoms with Crippen LogP contribution in [0, 0.1) is 6.92 Å². The third-order valence-corrected chi connectivity index (χ3v) is 5.42. The number of hydrogen-bond donors (Lipinski definition) is 1. The quantitative estimate of drug-likeness (QED) is 0.831. The molecule has 1 N–H and O–H groups in total. The predicted molar refractivity (Wildman–Crippen MR) is 94.3 cm³/mol. The van der Waals surface area contributed by atoms with Crippen LogP contribution in [0.4, 0.5) is 0 Å². The van der Waals surface area contributed by atoms with E-state index in [1.807, 2.05) is 32.2 Å². The third kappa shape index (κ3) is 3.16. The molecule has 2 unspecified atom stereocenters. The maximum Gasteiger partial charge on any atom is 0.168 e. The number of nitrogens with one attached hydrogen (secondary N) is 1. The van der Waals surface area contributed by atoms with Gasteiger partial charge in [-0.05, 0) is 43.9 Å². The van der Waals surface area contributed by atoms with Crippen molar-refractivity contribution in [3.8, 4) is 0 Å². The van der Waals surface area contributed by atoms with Gasteiger partial charge in [-0.15, -0.1) is 0 Å². The molecule has 126 valence electrons. The molecule has 0 aliphatic heterocycles. The van der Waals surface area contributed by atoms with E-state index in [2.05, 4.69) is 22.5 Å². The standard InChI is InChI=1S/C20H25N3O/c1-13-9-17(23(2)22-13)11-20(24)15-6-3-5-14(10-15)18-12-19(18)21-16-7-4-8-16/h3,5-6,9-10,16,18-19,21H,4,7-8,11-12H2,1-2H3. The minimum absolute atomic E-state index is 0.170. The van der Waals surface area contributed by atoms with Crippen LogP contribution >= 0.6 is 0 Å². The van der Waals surface area contributed by atoms with Crippen LogP contribution in [0.3, 0.4) is 0 Å². The number of carbonyl (C=O) groups excluding carboxylic acids is 1. The second-order valence-electron chi connectivity index (χ2n) is 7.37. The monoisotopic (exact) mass is 323 g/mol. The molecule has 0 amide bonds. The summed E-state index contributed by atoms with van der Waals surface area (Å²) in [5.74, 6) is 0.751. The van der Waals surface area contributed by atoms with E-state index >= 15 is 0 Å². The summed E-state index contributed by atoms with van der Waals surface area (Å²) in [6.07, 6.45) is 5.63. The van der Waals surface area contributed by atoms with Crippen LogP contribution in [0.1, 0.15) is 58.9 Å². The van der Waals surface area contributed by atoms with Crippen LogP contribution in [-0.2, 0) is 13.5 Å². The van der Waals surface area contributed by atoms with E-state index in [-0.39, 0.29) is 5.78 Å². The van der Waals surface area contributed by atoms with Gasteiger partial charge in [0, 0.05) is 36.3 Å². The number of hydrogen-bond acceptors (Lipinski definition) is 3. The molecule has 4 nitrogen and oxygen atoms in total. The lowest BCUT2D eigenvalue weighted by molar-refractivity contribution is 0.0990. The first kappa shape index (κ1) is 15.6. The first-order valence-corrected chi connectivity index (χ1v) is 8.99. The van der Waals surface area contributed by atoms with Gasteiger partial charge in [-0.3, -0.25) is 9.48 Å². The lowest BCUT2D eigenvalue weighted by Gasteiger charge is -2.26. The van der Waals surface area contributed by atoms with E-state index in [9.17, 15) is 4.79 Å². The van der Waals surface area contributed by atoms with Gasteiger partial charge in [-0.25, -0.2) is 0 Å². The van der Waals surface area contributed by atoms with Crippen LogP contribution in [0.25, 0.3) is 0 Å². The minimum Gasteiger partial charge on any atom is -0.311 e. The summed E-state index contributed by atoms with van der Waals surface area (Å²) in [6, 6.07) is 11.6. The first-order valence-electron chi connectivity index (χ1n) is 8.99. The molecule has 1 heterocycles. The highest BCUT2D eigenvalue weighted by molar-refractivity contribution is 5.97. The topological polar surface area (TPSA) is 46.9 Å². The highest BCUT2D eigenvalue weighted by atomic mass is 16.1. The fourth-order valence-electron chi connectivity index (χ4n) is 3.66. The van der Waals surface area contributed by atoms with Crippen molar-refractivity contribution in [1.29, 1.82) is 0 Å². The normalized spacial score (nSPS) is 23.1. The van der Waals surface area contributed by atoms with Gasteiger partial charge in [0.25, 0.3) is 0 Å². The maximum absolute atomic E-state index is 12.6. The summed E-state index contributed by atoms with van der Waals surface area (Å²) in [4.78, 5) is 12.6. The summed E-state index contributed by atoms with van der Waals surface area (Å²) in [5.41, 5.74) is 4.05. The average Bonchev–Trinajstić information content (AvgIpc) is 3.22. The largest absolute Gasteiger partial charge is 0.311 e. The second kappa shape index (κ2) is 6.17. The Bertz CT molecular complexity index is 760. The number of aromatic nitrogens is 2. The van der Waals surface area contributed by atoms with Crippen molar-refractivity contribution >= 4 is 5.78 Å². The van der Waals surface area contributed by atoms with Crippen LogP contribution < -0.4 is 5.32 Å². The van der Waals surface area contributed by atoms with Crippen molar-refractivity contribution in [3.63, 3.8) is 0 Å². The van der Waals surface area contributed by atoms with Crippen molar-refractivity contribution in [1.82, 2.24) is 15.1 Å². The molecule has 4 rings (SSSR count). The zero-order valence-electron chi connectivity index (χ0n) is 14.5. The Hall–Kier alpha value is -1.94. The molecular weight excluding hydrogens is 298 g/mol. The molecule has 4 heteroatoms. The molecular formula is C20H25N3O. The Morgan fingerprint density at radius 3 is 2.83 bits per heavy atom. The zero-order chi connectivity index (χ0) is 16.7. The summed E-state index contributed by atoms with van der Waals surface area (Å²) in [6.45, 7) is 1.96. The number of ketones is 1. The molecule has 2 aliphatic rings. The molecule has 2 fully saturated rings. The van der Waals surface area contributed by atoms with Gasteiger partial charge >= 0.3 is 0 Å². The number of carbonyl (C=O) groups is 1. The second-order valence-corrected chi connectivity index (χ2v) is 7.37. The molecule has 1 aromatic heterocycles. The van der Waals surface area contributed by atoms with Crippen molar-refractivity contribution in [2.45, 2.75) is 57.0 Å². The predicted octanol–water partition coefficient (Wildman–Crippen LogP) is 3.15. The van der Waals surface area contributed by atoms with Gasteiger partial charge in [0.2, 0.25) is 0 Å². The molecule has 0 spiro atoms. The van der Waals surface area contributed by atoms with Crippen LogP contribution in [0.5, 0.6) is 0 Å². The molecule has 0 bridgehead atoms. The van der Waals surface area contributed by atoms with E-state index in [4.69, 9.17) is 0 Å².